The zero-order valence-corrected chi connectivity index (χ0v) is 17.9. The first-order valence-electron chi connectivity index (χ1n) is 10.5. The number of methoxy groups -OCH3 is 1. The standard InChI is InChI=1S/C22H30N2O4.ClH/c1-27-20-14-16(10-12-23(20)15-17-6-2-3-7-17)11-13-24-21(25)18-8-4-5-9-19(18)28-22(24)26;/h4-5,8-9,16-17,20H,2-3,6-7,10-15H2,1H3;1H. The molecule has 1 aromatic heterocycles. The number of nitrogens with zero attached hydrogens (tertiary/aromatic N) is 2. The zero-order chi connectivity index (χ0) is 19.5. The molecule has 2 heterocycles. The van der Waals surface area contributed by atoms with Crippen molar-refractivity contribution >= 4 is 23.4 Å². The summed E-state index contributed by atoms with van der Waals surface area (Å²) in [6.45, 7) is 2.57. The molecule has 1 saturated carbocycles. The van der Waals surface area contributed by atoms with Crippen LogP contribution in [0.2, 0.25) is 0 Å². The van der Waals surface area contributed by atoms with Crippen LogP contribution in [0.25, 0.3) is 11.0 Å². The van der Waals surface area contributed by atoms with Gasteiger partial charge in [-0.05, 0) is 56.1 Å². The Hall–Kier alpha value is -1.63. The van der Waals surface area contributed by atoms with Crippen LogP contribution < -0.4 is 11.3 Å². The molecule has 160 valence electrons. The maximum atomic E-state index is 12.7. The lowest BCUT2D eigenvalue weighted by Gasteiger charge is -2.39. The maximum Gasteiger partial charge on any atom is 0.422 e. The molecule has 0 spiro atoms. The molecule has 1 saturated heterocycles. The number of aromatic nitrogens is 1. The van der Waals surface area contributed by atoms with Gasteiger partial charge in [0.15, 0.2) is 0 Å². The third kappa shape index (κ3) is 4.93. The number of fused-ring (bicyclic) bond motifs is 1. The summed E-state index contributed by atoms with van der Waals surface area (Å²) < 4.78 is 12.3. The Kier molecular flexibility index (Phi) is 7.55. The van der Waals surface area contributed by atoms with Gasteiger partial charge < -0.3 is 9.15 Å². The number of ether oxygens (including phenoxy) is 1. The lowest BCUT2D eigenvalue weighted by molar-refractivity contribution is -0.0779. The minimum atomic E-state index is -0.564. The van der Waals surface area contributed by atoms with Gasteiger partial charge in [0, 0.05) is 26.7 Å². The molecule has 0 amide bonds. The first kappa shape index (κ1) is 22.1. The Morgan fingerprint density at radius 2 is 1.86 bits per heavy atom. The highest BCUT2D eigenvalue weighted by molar-refractivity contribution is 5.85. The van der Waals surface area contributed by atoms with E-state index in [0.29, 0.717) is 23.4 Å². The highest BCUT2D eigenvalue weighted by Crippen LogP contribution is 2.31. The van der Waals surface area contributed by atoms with Gasteiger partial charge in [-0.3, -0.25) is 9.69 Å². The lowest BCUT2D eigenvalue weighted by Crippen LogP contribution is -2.46. The number of likely N-dealkylation sites (tertiary alicyclic amines) is 1. The molecule has 1 aliphatic carbocycles. The van der Waals surface area contributed by atoms with Crippen LogP contribution in [0.4, 0.5) is 0 Å². The molecule has 0 N–H and O–H groups in total. The Bertz CT molecular complexity index is 919. The Morgan fingerprint density at radius 1 is 1.10 bits per heavy atom. The van der Waals surface area contributed by atoms with Crippen molar-refractivity contribution in [2.75, 3.05) is 20.2 Å². The second-order valence-electron chi connectivity index (χ2n) is 8.34. The van der Waals surface area contributed by atoms with Crippen LogP contribution in [0.5, 0.6) is 0 Å². The molecule has 6 nitrogen and oxygen atoms in total. The SMILES string of the molecule is COC1CC(CCn2c(=O)oc3ccccc3c2=O)CCN1CC1CCCC1.Cl. The van der Waals surface area contributed by atoms with Gasteiger partial charge >= 0.3 is 5.76 Å². The third-order valence-corrected chi connectivity index (χ3v) is 6.55. The predicted octanol–water partition coefficient (Wildman–Crippen LogP) is 3.64. The Balaban J connectivity index is 0.00000240. The summed E-state index contributed by atoms with van der Waals surface area (Å²) in [5, 5.41) is 0.461. The summed E-state index contributed by atoms with van der Waals surface area (Å²) in [4.78, 5) is 27.4. The van der Waals surface area contributed by atoms with Crippen molar-refractivity contribution in [3.8, 4) is 0 Å². The molecule has 2 aliphatic rings. The number of halogens is 1. The van der Waals surface area contributed by atoms with E-state index in [2.05, 4.69) is 4.90 Å². The fraction of sp³-hybridized carbons (Fsp3) is 0.636. The van der Waals surface area contributed by atoms with Gasteiger partial charge in [0.2, 0.25) is 0 Å². The summed E-state index contributed by atoms with van der Waals surface area (Å²) in [5.41, 5.74) is 0.0993. The topological polar surface area (TPSA) is 64.7 Å². The van der Waals surface area contributed by atoms with Crippen LogP contribution in [0.1, 0.15) is 44.9 Å². The van der Waals surface area contributed by atoms with Crippen LogP contribution >= 0.6 is 12.4 Å². The van der Waals surface area contributed by atoms with Gasteiger partial charge in [0.05, 0.1) is 5.39 Å². The van der Waals surface area contributed by atoms with Crippen molar-refractivity contribution in [2.45, 2.75) is 57.7 Å². The average molecular weight is 423 g/mol. The summed E-state index contributed by atoms with van der Waals surface area (Å²) in [6, 6.07) is 6.92. The van der Waals surface area contributed by atoms with Crippen molar-refractivity contribution in [1.29, 1.82) is 0 Å². The first-order valence-corrected chi connectivity index (χ1v) is 10.5. The molecule has 2 unspecified atom stereocenters. The fourth-order valence-electron chi connectivity index (χ4n) is 4.90. The predicted molar refractivity (Wildman–Crippen MR) is 116 cm³/mol. The quantitative estimate of drug-likeness (QED) is 0.711. The molecule has 2 aromatic rings. The fourth-order valence-corrected chi connectivity index (χ4v) is 4.90. The van der Waals surface area contributed by atoms with E-state index >= 15 is 0 Å². The molecular weight excluding hydrogens is 392 g/mol. The largest absolute Gasteiger partial charge is 0.422 e. The van der Waals surface area contributed by atoms with Gasteiger partial charge in [0.1, 0.15) is 11.8 Å². The van der Waals surface area contributed by atoms with E-state index in [9.17, 15) is 9.59 Å². The smallest absolute Gasteiger partial charge is 0.409 e. The molecule has 0 radical (unpaired) electrons. The second-order valence-corrected chi connectivity index (χ2v) is 8.34. The van der Waals surface area contributed by atoms with E-state index in [4.69, 9.17) is 9.15 Å². The number of benzene rings is 1. The minimum Gasteiger partial charge on any atom is -0.409 e. The number of piperidine rings is 1. The van der Waals surface area contributed by atoms with E-state index < -0.39 is 5.76 Å². The van der Waals surface area contributed by atoms with Crippen molar-refractivity contribution in [2.24, 2.45) is 11.8 Å². The molecule has 1 aromatic carbocycles. The van der Waals surface area contributed by atoms with E-state index in [1.165, 1.54) is 30.3 Å². The van der Waals surface area contributed by atoms with Crippen LogP contribution in [0.15, 0.2) is 38.3 Å². The van der Waals surface area contributed by atoms with Crippen LogP contribution in [-0.4, -0.2) is 35.9 Å². The molecule has 2 fully saturated rings. The normalized spacial score (nSPS) is 23.3. The van der Waals surface area contributed by atoms with Gasteiger partial charge in [-0.15, -0.1) is 12.4 Å². The summed E-state index contributed by atoms with van der Waals surface area (Å²) in [7, 11) is 1.79. The van der Waals surface area contributed by atoms with Gasteiger partial charge in [-0.1, -0.05) is 25.0 Å². The number of hydrogen-bond donors (Lipinski definition) is 0. The second kappa shape index (κ2) is 9.92. The summed E-state index contributed by atoms with van der Waals surface area (Å²) >= 11 is 0. The van der Waals surface area contributed by atoms with Gasteiger partial charge in [-0.25, -0.2) is 9.36 Å². The van der Waals surface area contributed by atoms with Gasteiger partial charge in [-0.2, -0.15) is 0 Å². The lowest BCUT2D eigenvalue weighted by atomic mass is 9.91. The van der Waals surface area contributed by atoms with E-state index in [1.807, 2.05) is 0 Å². The maximum absolute atomic E-state index is 12.7. The summed E-state index contributed by atoms with van der Waals surface area (Å²) in [5.74, 6) is 0.697. The third-order valence-electron chi connectivity index (χ3n) is 6.55. The summed E-state index contributed by atoms with van der Waals surface area (Å²) in [6.07, 6.45) is 8.39. The molecule has 0 bridgehead atoms. The molecular formula is C22H31ClN2O4. The monoisotopic (exact) mass is 422 g/mol. The number of hydrogen-bond acceptors (Lipinski definition) is 5. The van der Waals surface area contributed by atoms with Crippen molar-refractivity contribution in [1.82, 2.24) is 9.47 Å². The Labute approximate surface area is 177 Å². The van der Waals surface area contributed by atoms with E-state index in [0.717, 1.165) is 38.3 Å². The van der Waals surface area contributed by atoms with Crippen LogP contribution in [0, 0.1) is 11.8 Å². The highest BCUT2D eigenvalue weighted by Gasteiger charge is 2.30. The number of rotatable bonds is 6. The van der Waals surface area contributed by atoms with E-state index in [1.54, 1.807) is 31.4 Å². The number of para-hydroxylation sites is 1. The minimum absolute atomic E-state index is 0. The van der Waals surface area contributed by atoms with Crippen molar-refractivity contribution < 1.29 is 9.15 Å². The molecule has 1 aliphatic heterocycles. The van der Waals surface area contributed by atoms with E-state index in [-0.39, 0.29) is 24.2 Å². The first-order chi connectivity index (χ1) is 13.7. The van der Waals surface area contributed by atoms with Crippen molar-refractivity contribution in [3.05, 3.63) is 45.2 Å². The molecule has 29 heavy (non-hydrogen) atoms. The average Bonchev–Trinajstić information content (AvgIpc) is 3.22. The highest BCUT2D eigenvalue weighted by atomic mass is 35.5. The molecule has 4 rings (SSSR count). The molecule has 7 heteroatoms. The van der Waals surface area contributed by atoms with Crippen LogP contribution in [0.3, 0.4) is 0 Å². The molecule has 2 atom stereocenters. The van der Waals surface area contributed by atoms with Gasteiger partial charge in [0.25, 0.3) is 5.56 Å². The Morgan fingerprint density at radius 3 is 2.62 bits per heavy atom. The zero-order valence-electron chi connectivity index (χ0n) is 17.0. The van der Waals surface area contributed by atoms with Crippen LogP contribution in [-0.2, 0) is 11.3 Å². The van der Waals surface area contributed by atoms with Crippen molar-refractivity contribution in [3.63, 3.8) is 0 Å².